The second-order valence-electron chi connectivity index (χ2n) is 19.1. The molecule has 368 valence electrons. The van der Waals surface area contributed by atoms with Gasteiger partial charge in [0.25, 0.3) is 11.8 Å². The van der Waals surface area contributed by atoms with Gasteiger partial charge in [0.1, 0.15) is 17.6 Å². The monoisotopic (exact) mass is 1040 g/mol. The molecule has 0 bridgehead atoms. The first-order valence-corrected chi connectivity index (χ1v) is 26.4. The van der Waals surface area contributed by atoms with E-state index in [2.05, 4.69) is 64.6 Å². The smallest absolute Gasteiger partial charge is 0.262 e. The Hall–Kier alpha value is -6.32. The number of aromatic nitrogens is 2. The number of carbonyl (C=O) groups is 5. The number of ether oxygens (including phenoxy) is 1. The summed E-state index contributed by atoms with van der Waals surface area (Å²) in [7, 11) is 0.118. The van der Waals surface area contributed by atoms with Crippen LogP contribution in [0.25, 0.3) is 0 Å². The van der Waals surface area contributed by atoms with Gasteiger partial charge in [-0.1, -0.05) is 12.1 Å². The number of rotatable bonds is 12. The predicted octanol–water partition coefficient (Wildman–Crippen LogP) is 4.79. The Morgan fingerprint density at radius 3 is 2.34 bits per heavy atom. The van der Waals surface area contributed by atoms with Gasteiger partial charge in [0, 0.05) is 101 Å². The van der Waals surface area contributed by atoms with Crippen molar-refractivity contribution in [2.24, 2.45) is 5.92 Å². The summed E-state index contributed by atoms with van der Waals surface area (Å²) in [6.07, 6.45) is 7.05. The maximum Gasteiger partial charge on any atom is 0.262 e. The van der Waals surface area contributed by atoms with Crippen LogP contribution >= 0.6 is 15.9 Å². The number of sulfonamides is 1. The van der Waals surface area contributed by atoms with E-state index in [1.165, 1.54) is 10.6 Å². The van der Waals surface area contributed by atoms with Crippen LogP contribution < -0.4 is 34.8 Å². The van der Waals surface area contributed by atoms with Crippen LogP contribution in [0.1, 0.15) is 70.4 Å². The molecule has 1 atom stereocenters. The highest BCUT2D eigenvalue weighted by molar-refractivity contribution is 9.10. The van der Waals surface area contributed by atoms with Gasteiger partial charge in [-0.25, -0.2) is 13.4 Å². The van der Waals surface area contributed by atoms with Crippen molar-refractivity contribution in [3.63, 3.8) is 0 Å². The lowest BCUT2D eigenvalue weighted by Gasteiger charge is -2.46. The van der Waals surface area contributed by atoms with Gasteiger partial charge < -0.3 is 30.1 Å². The van der Waals surface area contributed by atoms with Crippen molar-refractivity contribution in [2.75, 3.05) is 91.0 Å². The number of amides is 5. The second kappa shape index (κ2) is 18.8. The number of methoxy groups -OCH3 is 1. The van der Waals surface area contributed by atoms with Crippen LogP contribution in [0, 0.1) is 12.8 Å². The number of hydrogen-bond acceptors (Lipinski definition) is 15. The molecule has 6 heterocycles. The molecule has 5 aliphatic heterocycles. The van der Waals surface area contributed by atoms with E-state index in [9.17, 15) is 32.4 Å². The molecule has 1 saturated carbocycles. The molecule has 6 aliphatic rings. The number of benzene rings is 3. The maximum absolute atomic E-state index is 13.7. The molecule has 3 N–H and O–H groups in total. The van der Waals surface area contributed by atoms with Gasteiger partial charge in [-0.3, -0.25) is 43.4 Å². The zero-order chi connectivity index (χ0) is 49.2. The molecule has 70 heavy (non-hydrogen) atoms. The van der Waals surface area contributed by atoms with Crippen molar-refractivity contribution in [3.8, 4) is 5.75 Å². The normalized spacial score (nSPS) is 21.9. The van der Waals surface area contributed by atoms with Crippen LogP contribution in [0.15, 0.2) is 59.2 Å². The molecular formula is C49H56BrN11O8S. The van der Waals surface area contributed by atoms with Crippen LogP contribution in [0.3, 0.4) is 0 Å². The van der Waals surface area contributed by atoms with E-state index >= 15 is 0 Å². The predicted molar refractivity (Wildman–Crippen MR) is 268 cm³/mol. The largest absolute Gasteiger partial charge is 0.494 e. The Kier molecular flexibility index (Phi) is 12.7. The quantitative estimate of drug-likeness (QED) is 0.163. The summed E-state index contributed by atoms with van der Waals surface area (Å²) in [4.78, 5) is 83.7. The number of imide groups is 2. The van der Waals surface area contributed by atoms with Gasteiger partial charge >= 0.3 is 0 Å². The Labute approximate surface area is 415 Å². The number of piperidine rings is 2. The molecule has 1 unspecified atom stereocenters. The van der Waals surface area contributed by atoms with Crippen molar-refractivity contribution in [3.05, 3.63) is 81.5 Å². The summed E-state index contributed by atoms with van der Waals surface area (Å²) in [5, 5.41) is 8.90. The molecule has 5 amide bonds. The first-order valence-electron chi connectivity index (χ1n) is 23.8. The highest BCUT2D eigenvalue weighted by Crippen LogP contribution is 2.42. The van der Waals surface area contributed by atoms with Gasteiger partial charge in [-0.05, 0) is 103 Å². The number of carbonyl (C=O) groups excluding carboxylic acids is 5. The van der Waals surface area contributed by atoms with E-state index in [0.29, 0.717) is 84.0 Å². The van der Waals surface area contributed by atoms with Crippen molar-refractivity contribution < 1.29 is 37.1 Å². The summed E-state index contributed by atoms with van der Waals surface area (Å²) < 4.78 is 33.1. The Balaban J connectivity index is 0.700. The third-order valence-electron chi connectivity index (χ3n) is 14.9. The third-order valence-corrected chi connectivity index (χ3v) is 16.6. The summed E-state index contributed by atoms with van der Waals surface area (Å²) in [5.41, 5.74) is 6.35. The van der Waals surface area contributed by atoms with Gasteiger partial charge in [-0.2, -0.15) is 4.98 Å². The molecular weight excluding hydrogens is 983 g/mol. The lowest BCUT2D eigenvalue weighted by atomic mass is 9.78. The summed E-state index contributed by atoms with van der Waals surface area (Å²) in [5.74, 6) is -0.532. The van der Waals surface area contributed by atoms with E-state index in [0.717, 1.165) is 66.4 Å². The number of nitrogens with zero attached hydrogens (tertiary/aromatic N) is 8. The SMILES string of the molecule is COc1cc(N2CCC(N3CCN(C(=O)C4CC(N(C)c5ccc6c(c5)C(=O)N(C5CCC(=O)NC5=O)C6=O)C4)CC3)CC2)c(C)cc1Nc1ncc(Br)c(Nc2cccc3c2N(S(C)(=O)=O)CC3)n1. The molecule has 3 aromatic carbocycles. The molecule has 0 radical (unpaired) electrons. The topological polar surface area (TPSA) is 210 Å². The molecule has 3 saturated heterocycles. The number of hydrogen-bond donors (Lipinski definition) is 3. The minimum absolute atomic E-state index is 0.0637. The molecule has 4 fully saturated rings. The standard InChI is InChI=1S/C49H56BrN11O8S/c1-28-22-38(53-49-51-27-36(50)44(55-49)52-37-7-5-6-29-12-17-60(43(29)37)70(4,67)68)41(69-3)26-40(28)58-15-13-31(14-16-58)57-18-20-59(21-19-57)46(64)30-23-33(24-30)56(2)32-8-9-34-35(25-32)48(66)61(47(34)65)39-10-11-42(62)54-45(39)63/h5-9,22,25-27,30-31,33,39H,10-21,23-24H2,1-4H3,(H,54,62,63)(H2,51,52,53,55). The number of fused-ring (bicyclic) bond motifs is 2. The highest BCUT2D eigenvalue weighted by atomic mass is 79.9. The number of aryl methyl sites for hydroxylation is 1. The van der Waals surface area contributed by atoms with Crippen LogP contribution in [0.5, 0.6) is 5.75 Å². The Morgan fingerprint density at radius 2 is 1.63 bits per heavy atom. The van der Waals surface area contributed by atoms with E-state index in [1.807, 2.05) is 36.2 Å². The fourth-order valence-corrected chi connectivity index (χ4v) is 12.2. The molecule has 1 aliphatic carbocycles. The number of anilines is 7. The summed E-state index contributed by atoms with van der Waals surface area (Å²) in [6.45, 7) is 7.30. The van der Waals surface area contributed by atoms with Crippen molar-refractivity contribution in [1.29, 1.82) is 0 Å². The second-order valence-corrected chi connectivity index (χ2v) is 21.8. The lowest BCUT2D eigenvalue weighted by molar-refractivity contribution is -0.141. The Morgan fingerprint density at radius 1 is 0.886 bits per heavy atom. The minimum atomic E-state index is -3.46. The van der Waals surface area contributed by atoms with Gasteiger partial charge in [0.15, 0.2) is 0 Å². The van der Waals surface area contributed by atoms with Crippen molar-refractivity contribution in [1.82, 2.24) is 30.0 Å². The molecule has 10 rings (SSSR count). The number of para-hydroxylation sites is 1. The number of piperazine rings is 1. The average Bonchev–Trinajstić information content (AvgIpc) is 3.89. The third kappa shape index (κ3) is 8.91. The van der Waals surface area contributed by atoms with Crippen molar-refractivity contribution in [2.45, 2.75) is 70.0 Å². The molecule has 19 nitrogen and oxygen atoms in total. The van der Waals surface area contributed by atoms with Gasteiger partial charge in [0.2, 0.25) is 33.7 Å². The van der Waals surface area contributed by atoms with E-state index in [4.69, 9.17) is 9.72 Å². The van der Waals surface area contributed by atoms with Crippen molar-refractivity contribution >= 4 is 95.7 Å². The summed E-state index contributed by atoms with van der Waals surface area (Å²) in [6, 6.07) is 14.4. The fourth-order valence-electron chi connectivity index (χ4n) is 10.9. The number of nitrogens with one attached hydrogen (secondary N) is 3. The fraction of sp³-hybridized carbons (Fsp3) is 0.449. The number of halogens is 1. The van der Waals surface area contributed by atoms with Gasteiger partial charge in [-0.15, -0.1) is 0 Å². The maximum atomic E-state index is 13.7. The first kappa shape index (κ1) is 47.4. The zero-order valence-electron chi connectivity index (χ0n) is 39.5. The first-order chi connectivity index (χ1) is 33.6. The van der Waals surface area contributed by atoms with Crippen LogP contribution in [0.2, 0.25) is 0 Å². The van der Waals surface area contributed by atoms with Crippen LogP contribution in [0.4, 0.5) is 40.2 Å². The van der Waals surface area contributed by atoms with E-state index < -0.39 is 39.7 Å². The highest BCUT2D eigenvalue weighted by Gasteiger charge is 2.46. The molecule has 1 aromatic heterocycles. The molecule has 4 aromatic rings. The van der Waals surface area contributed by atoms with E-state index in [-0.39, 0.29) is 41.8 Å². The zero-order valence-corrected chi connectivity index (χ0v) is 41.9. The summed E-state index contributed by atoms with van der Waals surface area (Å²) >= 11 is 3.56. The minimum Gasteiger partial charge on any atom is -0.494 e. The average molecular weight is 1040 g/mol. The lowest BCUT2D eigenvalue weighted by Crippen LogP contribution is -2.57. The Bertz CT molecular complexity index is 2920. The van der Waals surface area contributed by atoms with Crippen LogP contribution in [-0.2, 0) is 30.8 Å². The van der Waals surface area contributed by atoms with Crippen LogP contribution in [-0.4, -0.2) is 147 Å². The van der Waals surface area contributed by atoms with Gasteiger partial charge in [0.05, 0.1) is 46.0 Å². The molecule has 21 heteroatoms. The molecule has 0 spiro atoms. The van der Waals surface area contributed by atoms with E-state index in [1.54, 1.807) is 31.5 Å².